The fourth-order valence-electron chi connectivity index (χ4n) is 0.443. The maximum atomic E-state index is 10.1. The van der Waals surface area contributed by atoms with Crippen LogP contribution in [0.3, 0.4) is 0 Å². The summed E-state index contributed by atoms with van der Waals surface area (Å²) in [5, 5.41) is 10.1. The molecule has 0 unspecified atom stereocenters. The zero-order chi connectivity index (χ0) is 7.56. The van der Waals surface area contributed by atoms with Gasteiger partial charge in [0.25, 0.3) is 0 Å². The number of aromatic nitrogens is 2. The normalized spacial score (nSPS) is 8.36. The first-order valence-corrected chi connectivity index (χ1v) is 2.49. The molecule has 0 fully saturated rings. The maximum Gasteiger partial charge on any atom is 1.00 e. The molecule has 0 aromatic carbocycles. The van der Waals surface area contributed by atoms with Gasteiger partial charge in [-0.2, -0.15) is 0 Å². The van der Waals surface area contributed by atoms with Crippen LogP contribution in [0.25, 0.3) is 0 Å². The average Bonchev–Trinajstić information content (AvgIpc) is 1.88. The number of anilines is 1. The fourth-order valence-corrected chi connectivity index (χ4v) is 0.443. The summed E-state index contributed by atoms with van der Waals surface area (Å²) < 4.78 is 0. The largest absolute Gasteiger partial charge is 1.00 e. The van der Waals surface area contributed by atoms with E-state index in [-0.39, 0.29) is 41.1 Å². The third-order valence-corrected chi connectivity index (χ3v) is 0.881. The molecule has 5 nitrogen and oxygen atoms in total. The number of rotatable bonds is 1. The third kappa shape index (κ3) is 2.83. The Morgan fingerprint density at radius 1 is 1.45 bits per heavy atom. The first-order valence-electron chi connectivity index (χ1n) is 2.49. The van der Waals surface area contributed by atoms with Gasteiger partial charge in [0.2, 0.25) is 0 Å². The summed E-state index contributed by atoms with van der Waals surface area (Å²) in [5.74, 6) is -1.17. The smallest absolute Gasteiger partial charge is 0.543 e. The van der Waals surface area contributed by atoms with Crippen molar-refractivity contribution in [3.8, 4) is 0 Å². The van der Waals surface area contributed by atoms with Crippen molar-refractivity contribution in [3.05, 3.63) is 18.1 Å². The molecular weight excluding hydrogens is 157 g/mol. The van der Waals surface area contributed by atoms with E-state index in [1.807, 2.05) is 0 Å². The monoisotopic (exact) mass is 161 g/mol. The SMILES string of the molecule is Nc1cnc(C(=O)[O-])cn1.[Na+]. The molecule has 0 spiro atoms. The molecule has 0 saturated carbocycles. The van der Waals surface area contributed by atoms with E-state index in [0.717, 1.165) is 12.4 Å². The van der Waals surface area contributed by atoms with Crippen LogP contribution in [-0.4, -0.2) is 15.9 Å². The van der Waals surface area contributed by atoms with E-state index < -0.39 is 5.97 Å². The van der Waals surface area contributed by atoms with Crippen molar-refractivity contribution in [1.82, 2.24) is 9.97 Å². The molecule has 0 bridgehead atoms. The van der Waals surface area contributed by atoms with E-state index in [1.165, 1.54) is 0 Å². The Morgan fingerprint density at radius 2 is 2.09 bits per heavy atom. The van der Waals surface area contributed by atoms with Crippen LogP contribution in [0.5, 0.6) is 0 Å². The van der Waals surface area contributed by atoms with Crippen molar-refractivity contribution < 1.29 is 39.5 Å². The van der Waals surface area contributed by atoms with E-state index in [9.17, 15) is 9.90 Å². The number of carboxylic acid groups (broad SMARTS) is 1. The van der Waals surface area contributed by atoms with Crippen LogP contribution in [0, 0.1) is 0 Å². The van der Waals surface area contributed by atoms with Crippen molar-refractivity contribution in [1.29, 1.82) is 0 Å². The molecule has 0 radical (unpaired) electrons. The molecule has 2 N–H and O–H groups in total. The van der Waals surface area contributed by atoms with Crippen molar-refractivity contribution in [3.63, 3.8) is 0 Å². The van der Waals surface area contributed by atoms with E-state index in [2.05, 4.69) is 9.97 Å². The molecule has 1 rings (SSSR count). The summed E-state index contributed by atoms with van der Waals surface area (Å²) in [7, 11) is 0. The summed E-state index contributed by atoms with van der Waals surface area (Å²) in [6, 6.07) is 0. The van der Waals surface area contributed by atoms with Crippen LogP contribution >= 0.6 is 0 Å². The Labute approximate surface area is 84.9 Å². The fraction of sp³-hybridized carbons (Fsp3) is 0. The molecule has 1 aromatic rings. The Hall–Kier alpha value is -0.650. The number of nitrogen functional groups attached to an aromatic ring is 1. The van der Waals surface area contributed by atoms with Gasteiger partial charge < -0.3 is 15.6 Å². The minimum Gasteiger partial charge on any atom is -0.543 e. The standard InChI is InChI=1S/C5H5N3O2.Na/c6-4-2-7-3(1-8-4)5(9)10;/h1-2H,(H2,6,8)(H,9,10);/q;+1/p-1. The van der Waals surface area contributed by atoms with Gasteiger partial charge in [-0.25, -0.2) is 9.97 Å². The van der Waals surface area contributed by atoms with Gasteiger partial charge in [0.15, 0.2) is 0 Å². The van der Waals surface area contributed by atoms with E-state index in [0.29, 0.717) is 0 Å². The Balaban J connectivity index is 0.000001000. The van der Waals surface area contributed by atoms with E-state index in [4.69, 9.17) is 5.73 Å². The van der Waals surface area contributed by atoms with Crippen LogP contribution in [0.2, 0.25) is 0 Å². The Bertz CT molecular complexity index is 248. The van der Waals surface area contributed by atoms with Gasteiger partial charge >= 0.3 is 29.6 Å². The first kappa shape index (κ1) is 10.3. The zero-order valence-corrected chi connectivity index (χ0v) is 7.94. The number of hydrogen-bond acceptors (Lipinski definition) is 5. The van der Waals surface area contributed by atoms with Gasteiger partial charge in [-0.1, -0.05) is 0 Å². The number of carboxylic acids is 1. The molecule has 0 aliphatic heterocycles. The van der Waals surface area contributed by atoms with Gasteiger partial charge in [0.05, 0.1) is 18.4 Å². The minimum absolute atomic E-state index is 0. The van der Waals surface area contributed by atoms with Crippen LogP contribution in [0.1, 0.15) is 10.5 Å². The molecule has 6 heteroatoms. The summed E-state index contributed by atoms with van der Waals surface area (Å²) in [6.07, 6.45) is 2.20. The third-order valence-electron chi connectivity index (χ3n) is 0.881. The second kappa shape index (κ2) is 4.27. The molecule has 1 heterocycles. The molecule has 0 aliphatic carbocycles. The molecule has 0 aliphatic rings. The van der Waals surface area contributed by atoms with Gasteiger partial charge in [-0.05, 0) is 0 Å². The number of carbonyl (C=O) groups excluding carboxylic acids is 1. The van der Waals surface area contributed by atoms with Crippen LogP contribution in [-0.2, 0) is 0 Å². The molecule has 0 atom stereocenters. The van der Waals surface area contributed by atoms with E-state index in [1.54, 1.807) is 0 Å². The average molecular weight is 161 g/mol. The van der Waals surface area contributed by atoms with Crippen molar-refractivity contribution in [2.24, 2.45) is 0 Å². The second-order valence-corrected chi connectivity index (χ2v) is 1.61. The van der Waals surface area contributed by atoms with Gasteiger partial charge in [-0.3, -0.25) is 0 Å². The number of hydrogen-bond donors (Lipinski definition) is 1. The molecule has 1 aromatic heterocycles. The summed E-state index contributed by atoms with van der Waals surface area (Å²) >= 11 is 0. The van der Waals surface area contributed by atoms with Crippen molar-refractivity contribution in [2.45, 2.75) is 0 Å². The number of nitrogens with two attached hydrogens (primary N) is 1. The number of aromatic carboxylic acids is 1. The van der Waals surface area contributed by atoms with Crippen LogP contribution in [0.15, 0.2) is 12.4 Å². The summed E-state index contributed by atoms with van der Waals surface area (Å²) in [4.78, 5) is 17.0. The molecule has 11 heavy (non-hydrogen) atoms. The topological polar surface area (TPSA) is 91.9 Å². The number of carbonyl (C=O) groups is 1. The van der Waals surface area contributed by atoms with Crippen LogP contribution in [0.4, 0.5) is 5.82 Å². The van der Waals surface area contributed by atoms with Crippen molar-refractivity contribution in [2.75, 3.05) is 5.73 Å². The first-order chi connectivity index (χ1) is 4.70. The summed E-state index contributed by atoms with van der Waals surface area (Å²) in [6.45, 7) is 0. The quantitative estimate of drug-likeness (QED) is 0.418. The van der Waals surface area contributed by atoms with Crippen LogP contribution < -0.4 is 40.4 Å². The van der Waals surface area contributed by atoms with Gasteiger partial charge in [0, 0.05) is 0 Å². The second-order valence-electron chi connectivity index (χ2n) is 1.61. The predicted molar refractivity (Wildman–Crippen MR) is 30.8 cm³/mol. The minimum atomic E-state index is -1.35. The Kier molecular flexibility index (Phi) is 4.02. The molecular formula is C5H4N3NaO2. The molecule has 0 saturated heterocycles. The maximum absolute atomic E-state index is 10.1. The number of nitrogens with zero attached hydrogens (tertiary/aromatic N) is 2. The van der Waals surface area contributed by atoms with Crippen molar-refractivity contribution >= 4 is 11.8 Å². The molecule has 0 amide bonds. The predicted octanol–water partition coefficient (Wildman–Crippen LogP) is -4.57. The van der Waals surface area contributed by atoms with E-state index >= 15 is 0 Å². The summed E-state index contributed by atoms with van der Waals surface area (Å²) in [5.41, 5.74) is 4.93. The Morgan fingerprint density at radius 3 is 2.45 bits per heavy atom. The molecule has 52 valence electrons. The van der Waals surface area contributed by atoms with Gasteiger partial charge in [0.1, 0.15) is 11.5 Å². The van der Waals surface area contributed by atoms with Gasteiger partial charge in [-0.15, -0.1) is 0 Å². The zero-order valence-electron chi connectivity index (χ0n) is 5.94.